The Morgan fingerprint density at radius 2 is 0.848 bits per heavy atom. The molecule has 1 aliphatic heterocycles. The van der Waals surface area contributed by atoms with Gasteiger partial charge in [0.15, 0.2) is 9.66 Å². The quantitative estimate of drug-likeness (QED) is 0.0292. The van der Waals surface area contributed by atoms with E-state index >= 15 is 0 Å². The van der Waals surface area contributed by atoms with E-state index in [2.05, 4.69) is 89.1 Å². The van der Waals surface area contributed by atoms with Crippen molar-refractivity contribution >= 4 is 116 Å². The van der Waals surface area contributed by atoms with Crippen molar-refractivity contribution in [3.63, 3.8) is 0 Å². The molecule has 0 fully saturated rings. The van der Waals surface area contributed by atoms with Crippen LogP contribution in [0.15, 0.2) is 24.3 Å². The first-order chi connectivity index (χ1) is 38.2. The number of hydrogen-bond acceptors (Lipinski definition) is 12. The van der Waals surface area contributed by atoms with Crippen molar-refractivity contribution < 1.29 is 16.8 Å². The van der Waals surface area contributed by atoms with Crippen LogP contribution in [0, 0.1) is 25.7 Å². The van der Waals surface area contributed by atoms with E-state index in [0.29, 0.717) is 25.9 Å². The number of nitrogens with one attached hydrogen (secondary N) is 2. The lowest BCUT2D eigenvalue weighted by atomic mass is 10.0. The van der Waals surface area contributed by atoms with Crippen LogP contribution in [-0.2, 0) is 32.9 Å². The van der Waals surface area contributed by atoms with Gasteiger partial charge in [0.25, 0.3) is 0 Å². The van der Waals surface area contributed by atoms with E-state index in [1.54, 1.807) is 55.7 Å². The van der Waals surface area contributed by atoms with Crippen LogP contribution >= 0.6 is 68.0 Å². The summed E-state index contributed by atoms with van der Waals surface area (Å²) in [5.74, 6) is 1.52. The highest BCUT2D eigenvalue weighted by molar-refractivity contribution is 7.89. The lowest BCUT2D eigenvalue weighted by Gasteiger charge is -2.35. The predicted octanol–water partition coefficient (Wildman–Crippen LogP) is 18.8. The molecule has 2 unspecified atom stereocenters. The molecule has 0 saturated heterocycles. The molecule has 0 bridgehead atoms. The van der Waals surface area contributed by atoms with Gasteiger partial charge in [-0.15, -0.1) is 45.3 Å². The number of thiazole rings is 2. The molecule has 7 heterocycles. The van der Waals surface area contributed by atoms with Gasteiger partial charge >= 0.3 is 0 Å². The third-order valence-corrected chi connectivity index (χ3v) is 32.2. The first-order valence-corrected chi connectivity index (χ1v) is 41.5. The van der Waals surface area contributed by atoms with Crippen LogP contribution in [0.5, 0.6) is 0 Å². The SMILES string of the molecule is CCCCCCCCCCNS(=O)(=O)CCc1cc(C)sc1-c1nc2sc(-c3sc(-c4cc5c(s4)-c4sc(C)cc4[Si]5(CC(CC)CCCC)CC(CC)CCCC)cc3CCS(=O)(=O)NCCCCCCCCCC)nc2s1. The maximum Gasteiger partial charge on any atom is 0.211 e. The summed E-state index contributed by atoms with van der Waals surface area (Å²) in [7, 11) is -9.09. The molecule has 6 aromatic heterocycles. The van der Waals surface area contributed by atoms with Crippen molar-refractivity contribution in [1.29, 1.82) is 0 Å². The monoisotopic (exact) mass is 1240 g/mol. The van der Waals surface area contributed by atoms with E-state index < -0.39 is 28.1 Å². The van der Waals surface area contributed by atoms with E-state index in [4.69, 9.17) is 9.97 Å². The minimum Gasteiger partial charge on any atom is -0.222 e. The van der Waals surface area contributed by atoms with E-state index in [9.17, 15) is 16.8 Å². The first kappa shape index (κ1) is 64.9. The largest absolute Gasteiger partial charge is 0.222 e. The zero-order valence-electron chi connectivity index (χ0n) is 49.4. The molecule has 17 heteroatoms. The van der Waals surface area contributed by atoms with Gasteiger partial charge in [0.05, 0.1) is 21.3 Å². The Morgan fingerprint density at radius 3 is 1.34 bits per heavy atom. The highest BCUT2D eigenvalue weighted by atomic mass is 32.2. The van der Waals surface area contributed by atoms with Crippen LogP contribution in [0.3, 0.4) is 0 Å². The summed E-state index contributed by atoms with van der Waals surface area (Å²) in [5.41, 5.74) is 2.05. The Kier molecular flexibility index (Phi) is 26.3. The second-order valence-corrected chi connectivity index (χ2v) is 37.5. The van der Waals surface area contributed by atoms with Crippen LogP contribution in [0.25, 0.3) is 48.9 Å². The Morgan fingerprint density at radius 1 is 0.456 bits per heavy atom. The lowest BCUT2D eigenvalue weighted by Crippen LogP contribution is -2.56. The number of sulfonamides is 2. The number of fused-ring (bicyclic) bond motifs is 4. The van der Waals surface area contributed by atoms with Crippen molar-refractivity contribution in [3.8, 4) is 39.3 Å². The third kappa shape index (κ3) is 18.2. The summed E-state index contributed by atoms with van der Waals surface area (Å²) in [6.45, 7) is 19.4. The maximum absolute atomic E-state index is 13.7. The molecule has 1 aliphatic rings. The lowest BCUT2D eigenvalue weighted by molar-refractivity contribution is 0.469. The summed E-state index contributed by atoms with van der Waals surface area (Å²) in [6, 6.07) is 12.3. The van der Waals surface area contributed by atoms with E-state index in [0.717, 1.165) is 95.8 Å². The molecule has 8 nitrogen and oxygen atoms in total. The molecule has 6 aromatic rings. The normalized spacial score (nSPS) is 15.4. The van der Waals surface area contributed by atoms with Crippen molar-refractivity contribution in [1.82, 2.24) is 19.4 Å². The van der Waals surface area contributed by atoms with Gasteiger partial charge in [-0.1, -0.05) is 205 Å². The van der Waals surface area contributed by atoms with Crippen molar-refractivity contribution in [2.45, 2.75) is 234 Å². The molecule has 0 aliphatic carbocycles. The summed E-state index contributed by atoms with van der Waals surface area (Å²) in [5, 5.41) is 5.16. The number of aromatic nitrogens is 2. The predicted molar refractivity (Wildman–Crippen MR) is 355 cm³/mol. The van der Waals surface area contributed by atoms with E-state index in [1.807, 2.05) is 22.7 Å². The highest BCUT2D eigenvalue weighted by Crippen LogP contribution is 2.50. The summed E-state index contributed by atoms with van der Waals surface area (Å²) in [4.78, 5) is 22.4. The number of unbranched alkanes of at least 4 members (excludes halogenated alkanes) is 16. The number of rotatable bonds is 41. The minimum atomic E-state index is -3.51. The van der Waals surface area contributed by atoms with Gasteiger partial charge in [0, 0.05) is 42.4 Å². The van der Waals surface area contributed by atoms with Gasteiger partial charge in [-0.25, -0.2) is 36.2 Å². The van der Waals surface area contributed by atoms with E-state index in [-0.39, 0.29) is 11.5 Å². The summed E-state index contributed by atoms with van der Waals surface area (Å²) < 4.78 is 59.7. The first-order valence-electron chi connectivity index (χ1n) is 30.9. The molecular formula is C62H96N4O4S8Si. The second kappa shape index (κ2) is 32.0. The molecule has 0 aromatic carbocycles. The van der Waals surface area contributed by atoms with Gasteiger partial charge in [-0.3, -0.25) is 0 Å². The van der Waals surface area contributed by atoms with E-state index in [1.165, 1.54) is 152 Å². The fourth-order valence-electron chi connectivity index (χ4n) is 11.9. The fraction of sp³-hybridized carbons (Fsp3) is 0.677. The zero-order valence-corrected chi connectivity index (χ0v) is 56.9. The standard InChI is InChI=1S/C62H96N4O4S8Si/c1-9-15-19-21-23-25-27-29-35-63-77(67,68)37-33-49-39-45(7)71-55(49)59-65-61-62(75-59)66-60(76-61)56-50(34-38-78(69,70)64-36-30-28-26-24-22-20-16-10-2)41-51(73-56)52-42-54-58(74-52)57-53(40-46(8)72-57)79(54,43-47(13-5)31-17-11-3)44-48(14-6)32-18-12-4/h39-42,47-48,63-64H,9-38,43-44H2,1-8H3. The van der Waals surface area contributed by atoms with Crippen LogP contribution in [0.1, 0.15) is 217 Å². The Balaban J connectivity index is 1.16. The molecule has 79 heavy (non-hydrogen) atoms. The molecule has 0 spiro atoms. The smallest absolute Gasteiger partial charge is 0.211 e. The number of hydrogen-bond donors (Lipinski definition) is 2. The Hall–Kier alpha value is -1.64. The van der Waals surface area contributed by atoms with Crippen molar-refractivity contribution in [2.75, 3.05) is 24.6 Å². The van der Waals surface area contributed by atoms with Gasteiger partial charge in [-0.2, -0.15) is 0 Å². The average Bonchev–Trinajstić information content (AvgIpc) is 4.38. The van der Waals surface area contributed by atoms with Gasteiger partial charge in [0.1, 0.15) is 18.1 Å². The Bertz CT molecular complexity index is 2970. The maximum atomic E-state index is 13.7. The summed E-state index contributed by atoms with van der Waals surface area (Å²) >= 11 is 10.6. The molecule has 440 valence electrons. The van der Waals surface area contributed by atoms with Crippen molar-refractivity contribution in [2.24, 2.45) is 11.8 Å². The molecule has 0 radical (unpaired) electrons. The average molecular weight is 1250 g/mol. The highest BCUT2D eigenvalue weighted by Gasteiger charge is 2.50. The number of aryl methyl sites for hydroxylation is 4. The van der Waals surface area contributed by atoms with Gasteiger partial charge in [0.2, 0.25) is 20.0 Å². The zero-order chi connectivity index (χ0) is 56.4. The molecule has 2 N–H and O–H groups in total. The topological polar surface area (TPSA) is 118 Å². The molecule has 0 saturated carbocycles. The number of nitrogens with zero attached hydrogens (tertiary/aromatic N) is 2. The second-order valence-electron chi connectivity index (χ2n) is 23.0. The fourth-order valence-corrected chi connectivity index (χ4v) is 29.0. The van der Waals surface area contributed by atoms with Gasteiger partial charge in [-0.05, 0) is 109 Å². The van der Waals surface area contributed by atoms with Crippen LogP contribution < -0.4 is 19.8 Å². The Labute approximate surface area is 503 Å². The molecule has 2 atom stereocenters. The summed E-state index contributed by atoms with van der Waals surface area (Å²) in [6.07, 6.45) is 29.8. The van der Waals surface area contributed by atoms with Crippen LogP contribution in [-0.4, -0.2) is 59.5 Å². The molecule has 7 rings (SSSR count). The van der Waals surface area contributed by atoms with Crippen LogP contribution in [0.4, 0.5) is 0 Å². The van der Waals surface area contributed by atoms with Crippen molar-refractivity contribution in [3.05, 3.63) is 45.1 Å². The number of thiophene rings is 4. The molecule has 0 amide bonds. The van der Waals surface area contributed by atoms with Crippen LogP contribution in [0.2, 0.25) is 12.1 Å². The van der Waals surface area contributed by atoms with Gasteiger partial charge < -0.3 is 0 Å². The third-order valence-electron chi connectivity index (χ3n) is 16.5. The minimum absolute atomic E-state index is 0.0292. The molecular weight excluding hydrogens is 1150 g/mol.